The number of ether oxygens (including phenoxy) is 3. The zero-order valence-corrected chi connectivity index (χ0v) is 49.9. The molecule has 0 aliphatic carbocycles. The third-order valence-electron chi connectivity index (χ3n) is 13.4. The summed E-state index contributed by atoms with van der Waals surface area (Å²) in [6.45, 7) is 4.28. The number of rotatable bonds is 48. The first-order valence-electron chi connectivity index (χ1n) is 29.5. The Labute approximate surface area is 477 Å². The summed E-state index contributed by atoms with van der Waals surface area (Å²) in [6.07, 6.45) is 44.2. The predicted octanol–water partition coefficient (Wildman–Crippen LogP) is 12.4. The largest absolute Gasteiger partial charge is 0.481 e. The molecule has 2 heterocycles. The number of nitrogens with two attached hydrogens (primary N) is 1. The van der Waals surface area contributed by atoms with Crippen molar-refractivity contribution in [2.45, 2.75) is 237 Å². The molecule has 1 aliphatic rings. The fraction of sp³-hybridized carbons (Fsp3) is 0.695. The number of hydrogen-bond acceptors (Lipinski definition) is 16. The molecule has 7 N–H and O–H groups in total. The number of unbranched alkanes of at least 4 members (excludes halogenated alkanes) is 17. The van der Waals surface area contributed by atoms with Crippen molar-refractivity contribution in [1.29, 1.82) is 0 Å². The average Bonchev–Trinajstić information content (AvgIpc) is 3.81. The number of anilines is 1. The highest BCUT2D eigenvalue weighted by atomic mass is 31.3. The number of carbonyl (C=O) groups excluding carboxylic acids is 2. The minimum absolute atomic E-state index is 0.0131. The van der Waals surface area contributed by atoms with E-state index >= 15 is 0 Å². The van der Waals surface area contributed by atoms with E-state index in [1.165, 1.54) is 102 Å². The molecule has 0 aromatic carbocycles. The van der Waals surface area contributed by atoms with Crippen molar-refractivity contribution in [3.05, 3.63) is 95.7 Å². The lowest BCUT2D eigenvalue weighted by molar-refractivity contribution is -0.161. The number of phosphoric ester groups is 2. The highest BCUT2D eigenvalue weighted by Gasteiger charge is 2.46. The maximum atomic E-state index is 12.9. The standard InChI is InChI=1S/C59H99N3O16P2/c1-4-6-7-8-9-10-11-18-22-25-28-31-35-40-50(63)41-36-33-38-42-54(64)73-46-51(76-55(65)43-37-32-29-26-23-20-17-15-13-12-14-16-19-21-24-27-30-34-39-49(3)5-2)47-74-79(69,70)78-80(71,72)75-48-52-56(66)57(67)58(77-52)62-45-44-53(60)61-59(62)68/h6-7,9-10,18,22,28,31,33,35-36,40,44-45,49-52,56-58,63,66-67H,4-5,8,11-17,19-21,23-27,29-30,32,34,37-39,41-43,46-48H2,1-3H3,(H,69,70)(H,71,72)(H2,60,61,68)/b7-6-,10-9-,22-18-,31-28-,36-33-,40-35-/t49?,50?,51-,52-,56-,57-,58-/m1/s1. The maximum absolute atomic E-state index is 12.9. The van der Waals surface area contributed by atoms with E-state index in [1.807, 2.05) is 12.2 Å². The summed E-state index contributed by atoms with van der Waals surface area (Å²) in [7, 11) is -10.9. The lowest BCUT2D eigenvalue weighted by Crippen LogP contribution is -2.36. The first kappa shape index (κ1) is 72.3. The summed E-state index contributed by atoms with van der Waals surface area (Å²) in [5.74, 6) is -0.619. The van der Waals surface area contributed by atoms with E-state index in [0.717, 1.165) is 68.0 Å². The Balaban J connectivity index is 1.79. The molecule has 1 saturated heterocycles. The zero-order valence-electron chi connectivity index (χ0n) is 48.1. The summed E-state index contributed by atoms with van der Waals surface area (Å²) in [5.41, 5.74) is 4.59. The van der Waals surface area contributed by atoms with Crippen LogP contribution in [-0.2, 0) is 46.3 Å². The molecule has 1 aromatic heterocycles. The van der Waals surface area contributed by atoms with Crippen molar-refractivity contribution < 1.29 is 71.4 Å². The SMILES string of the molecule is CC/C=C\C/C=C\C/C=C\C/C=C\C=C/C(O)C/C=C\CCC(=O)OC[C@H](COP(=O)(O)OP(=O)(O)OC[C@H]1O[C@@H](n2ccc(N)nc2=O)[C@H](O)[C@@H]1O)OC(=O)CCCCCCCCCCCCCCCCCCCCC(C)CC. The molecule has 0 bridgehead atoms. The molecule has 1 aromatic rings. The molecular formula is C59H99N3O16P2. The topological polar surface area (TPSA) is 286 Å². The zero-order chi connectivity index (χ0) is 58.7. The second-order valence-electron chi connectivity index (χ2n) is 20.6. The molecule has 0 saturated carbocycles. The van der Waals surface area contributed by atoms with Gasteiger partial charge in [0, 0.05) is 19.0 Å². The lowest BCUT2D eigenvalue weighted by Gasteiger charge is -2.21. The second-order valence-corrected chi connectivity index (χ2v) is 23.6. The van der Waals surface area contributed by atoms with Crippen LogP contribution in [0.3, 0.4) is 0 Å². The van der Waals surface area contributed by atoms with Crippen molar-refractivity contribution in [3.63, 3.8) is 0 Å². The molecule has 2 rings (SSSR count). The molecule has 1 aliphatic heterocycles. The van der Waals surface area contributed by atoms with Gasteiger partial charge in [0.2, 0.25) is 0 Å². The van der Waals surface area contributed by atoms with Gasteiger partial charge in [0.1, 0.15) is 30.7 Å². The van der Waals surface area contributed by atoms with Crippen LogP contribution < -0.4 is 11.4 Å². The summed E-state index contributed by atoms with van der Waals surface area (Å²) in [5, 5.41) is 31.3. The third kappa shape index (κ3) is 36.6. The van der Waals surface area contributed by atoms with Gasteiger partial charge in [-0.25, -0.2) is 13.9 Å². The molecule has 4 unspecified atom stereocenters. The van der Waals surface area contributed by atoms with E-state index in [9.17, 15) is 48.6 Å². The number of nitrogens with zero attached hydrogens (tertiary/aromatic N) is 2. The summed E-state index contributed by atoms with van der Waals surface area (Å²) in [6, 6.07) is 1.24. The van der Waals surface area contributed by atoms with Crippen LogP contribution in [0.4, 0.5) is 5.82 Å². The molecule has 9 atom stereocenters. The Morgan fingerprint density at radius 3 is 1.84 bits per heavy atom. The van der Waals surface area contributed by atoms with Crippen LogP contribution in [0.2, 0.25) is 0 Å². The molecule has 21 heteroatoms. The summed E-state index contributed by atoms with van der Waals surface area (Å²) >= 11 is 0. The van der Waals surface area contributed by atoms with Crippen LogP contribution in [0.1, 0.15) is 207 Å². The van der Waals surface area contributed by atoms with E-state index in [1.54, 1.807) is 24.3 Å². The van der Waals surface area contributed by atoms with Crippen LogP contribution in [0, 0.1) is 5.92 Å². The van der Waals surface area contributed by atoms with Gasteiger partial charge in [-0.2, -0.15) is 9.29 Å². The predicted molar refractivity (Wildman–Crippen MR) is 313 cm³/mol. The number of aliphatic hydroxyl groups is 3. The molecule has 0 spiro atoms. The maximum Gasteiger partial charge on any atom is 0.481 e. The van der Waals surface area contributed by atoms with Crippen LogP contribution in [0.25, 0.3) is 0 Å². The highest BCUT2D eigenvalue weighted by Crippen LogP contribution is 2.60. The number of nitrogen functional groups attached to an aromatic ring is 1. The number of aromatic nitrogens is 2. The van der Waals surface area contributed by atoms with Crippen LogP contribution >= 0.6 is 15.6 Å². The Morgan fingerprint density at radius 2 is 1.26 bits per heavy atom. The van der Waals surface area contributed by atoms with E-state index in [4.69, 9.17) is 29.0 Å². The molecule has 0 radical (unpaired) electrons. The van der Waals surface area contributed by atoms with Gasteiger partial charge in [0.25, 0.3) is 0 Å². The van der Waals surface area contributed by atoms with Gasteiger partial charge in [-0.15, -0.1) is 0 Å². The molecule has 1 fully saturated rings. The minimum Gasteiger partial charge on any atom is -0.462 e. The normalized spacial score (nSPS) is 19.7. The Bertz CT molecular complexity index is 2170. The van der Waals surface area contributed by atoms with Crippen LogP contribution in [0.5, 0.6) is 0 Å². The van der Waals surface area contributed by atoms with Crippen molar-refractivity contribution in [3.8, 4) is 0 Å². The number of esters is 2. The van der Waals surface area contributed by atoms with Gasteiger partial charge < -0.3 is 45.1 Å². The minimum atomic E-state index is -5.47. The van der Waals surface area contributed by atoms with Gasteiger partial charge in [0.15, 0.2) is 12.3 Å². The first-order valence-corrected chi connectivity index (χ1v) is 32.4. The van der Waals surface area contributed by atoms with Gasteiger partial charge >= 0.3 is 33.3 Å². The Morgan fingerprint density at radius 1 is 0.713 bits per heavy atom. The van der Waals surface area contributed by atoms with Crippen LogP contribution in [0.15, 0.2) is 90.0 Å². The summed E-state index contributed by atoms with van der Waals surface area (Å²) in [4.78, 5) is 62.2. The average molecular weight is 1170 g/mol. The van der Waals surface area contributed by atoms with Crippen molar-refractivity contribution in [1.82, 2.24) is 9.55 Å². The smallest absolute Gasteiger partial charge is 0.462 e. The number of phosphoric acid groups is 2. The van der Waals surface area contributed by atoms with Gasteiger partial charge in [-0.3, -0.25) is 23.2 Å². The van der Waals surface area contributed by atoms with Gasteiger partial charge in [-0.05, 0) is 56.9 Å². The molecule has 80 heavy (non-hydrogen) atoms. The molecule has 456 valence electrons. The lowest BCUT2D eigenvalue weighted by atomic mass is 9.99. The van der Waals surface area contributed by atoms with Crippen LogP contribution in [-0.4, -0.2) is 96.9 Å². The fourth-order valence-corrected chi connectivity index (χ4v) is 10.6. The Kier molecular flexibility index (Phi) is 40.4. The monoisotopic (exact) mass is 1170 g/mol. The number of allylic oxidation sites excluding steroid dienone is 10. The van der Waals surface area contributed by atoms with Crippen molar-refractivity contribution in [2.75, 3.05) is 25.6 Å². The molecular weight excluding hydrogens is 1070 g/mol. The molecule has 19 nitrogen and oxygen atoms in total. The Hall–Kier alpha value is -3.84. The van der Waals surface area contributed by atoms with E-state index in [2.05, 4.69) is 66.5 Å². The highest BCUT2D eigenvalue weighted by molar-refractivity contribution is 7.61. The van der Waals surface area contributed by atoms with Gasteiger partial charge in [-0.1, -0.05) is 216 Å². The summed E-state index contributed by atoms with van der Waals surface area (Å²) < 4.78 is 56.9. The molecule has 0 amide bonds. The quantitative estimate of drug-likeness (QED) is 0.0116. The second kappa shape index (κ2) is 44.7. The third-order valence-corrected chi connectivity index (χ3v) is 16.0. The first-order chi connectivity index (χ1) is 38.5. The van der Waals surface area contributed by atoms with E-state index in [0.29, 0.717) is 12.8 Å². The number of carbonyl (C=O) groups is 2. The number of aliphatic hydroxyl groups excluding tert-OH is 3. The number of hydrogen-bond donors (Lipinski definition) is 6. The van der Waals surface area contributed by atoms with Crippen molar-refractivity contribution >= 4 is 33.4 Å². The fourth-order valence-electron chi connectivity index (χ4n) is 8.52. The van der Waals surface area contributed by atoms with E-state index in [-0.39, 0.29) is 25.1 Å². The van der Waals surface area contributed by atoms with Gasteiger partial charge in [0.05, 0.1) is 19.3 Å². The van der Waals surface area contributed by atoms with Crippen molar-refractivity contribution in [2.24, 2.45) is 5.92 Å². The van der Waals surface area contributed by atoms with E-state index < -0.39 is 89.8 Å².